The number of benzene rings is 3. The van der Waals surface area contributed by atoms with Gasteiger partial charge in [-0.25, -0.2) is 0 Å². The van der Waals surface area contributed by atoms with E-state index in [9.17, 15) is 0 Å². The van der Waals surface area contributed by atoms with Crippen LogP contribution in [0.1, 0.15) is 43.4 Å². The van der Waals surface area contributed by atoms with Crippen molar-refractivity contribution in [2.24, 2.45) is 5.10 Å². The van der Waals surface area contributed by atoms with E-state index in [1.54, 1.807) is 6.07 Å². The Morgan fingerprint density at radius 3 is 2.71 bits per heavy atom. The van der Waals surface area contributed by atoms with Gasteiger partial charge in [0.25, 0.3) is 0 Å². The molecule has 0 bridgehead atoms. The number of ether oxygens (including phenoxy) is 1. The molecule has 142 valence electrons. The smallest absolute Gasteiger partial charge is 0.187 e. The van der Waals surface area contributed by atoms with E-state index >= 15 is 0 Å². The topological polar surface area (TPSA) is 24.8 Å². The van der Waals surface area contributed by atoms with E-state index in [0.29, 0.717) is 10.0 Å². The zero-order valence-corrected chi connectivity index (χ0v) is 17.0. The summed E-state index contributed by atoms with van der Waals surface area (Å²) in [5.74, 6) is 0.751. The molecule has 0 aromatic heterocycles. The Bertz CT molecular complexity index is 1100. The van der Waals surface area contributed by atoms with E-state index in [2.05, 4.69) is 54.4 Å². The van der Waals surface area contributed by atoms with Crippen LogP contribution in [0.2, 0.25) is 10.0 Å². The second kappa shape index (κ2) is 6.98. The number of hydrogen-bond donors (Lipinski definition) is 0. The van der Waals surface area contributed by atoms with E-state index < -0.39 is 0 Å². The first-order valence-corrected chi connectivity index (χ1v) is 10.4. The van der Waals surface area contributed by atoms with E-state index in [1.807, 2.05) is 6.07 Å². The van der Waals surface area contributed by atoms with Crippen molar-refractivity contribution in [3.63, 3.8) is 0 Å². The minimum atomic E-state index is -0.112. The Balaban J connectivity index is 1.57. The van der Waals surface area contributed by atoms with Gasteiger partial charge >= 0.3 is 0 Å². The van der Waals surface area contributed by atoms with E-state index in [0.717, 1.165) is 41.9 Å². The summed E-state index contributed by atoms with van der Waals surface area (Å²) in [5, 5.41) is 10.7. The second-order valence-corrected chi connectivity index (χ2v) is 8.22. The van der Waals surface area contributed by atoms with Crippen molar-refractivity contribution in [2.75, 3.05) is 0 Å². The van der Waals surface area contributed by atoms with Gasteiger partial charge in [0.05, 0.1) is 16.8 Å². The molecular weight excluding hydrogens is 391 g/mol. The van der Waals surface area contributed by atoms with Gasteiger partial charge in [0.1, 0.15) is 5.75 Å². The third-order valence-corrected chi connectivity index (χ3v) is 6.00. The zero-order valence-electron chi connectivity index (χ0n) is 15.5. The summed E-state index contributed by atoms with van der Waals surface area (Å²) in [6.07, 6.45) is 2.60. The molecule has 0 amide bonds. The minimum Gasteiger partial charge on any atom is -0.467 e. The van der Waals surface area contributed by atoms with Gasteiger partial charge in [-0.3, -0.25) is 5.01 Å². The Hall–Kier alpha value is -2.23. The molecule has 0 aliphatic carbocycles. The fourth-order valence-corrected chi connectivity index (χ4v) is 4.72. The highest BCUT2D eigenvalue weighted by Gasteiger charge is 2.40. The molecule has 0 fully saturated rings. The lowest BCUT2D eigenvalue weighted by Crippen LogP contribution is -2.40. The Kier molecular flexibility index (Phi) is 4.45. The van der Waals surface area contributed by atoms with Gasteiger partial charge in [-0.15, -0.1) is 0 Å². The first-order valence-electron chi connectivity index (χ1n) is 9.64. The van der Waals surface area contributed by atoms with Gasteiger partial charge in [0.15, 0.2) is 6.23 Å². The molecule has 0 spiro atoms. The highest BCUT2D eigenvalue weighted by molar-refractivity contribution is 6.35. The Morgan fingerprint density at radius 1 is 1.07 bits per heavy atom. The fraction of sp³-hybridized carbons (Fsp3) is 0.261. The molecule has 0 radical (unpaired) electrons. The number of hydrogen-bond acceptors (Lipinski definition) is 3. The predicted molar refractivity (Wildman–Crippen MR) is 115 cm³/mol. The number of fused-ring (bicyclic) bond motifs is 4. The van der Waals surface area contributed by atoms with Crippen LogP contribution >= 0.6 is 23.2 Å². The molecule has 28 heavy (non-hydrogen) atoms. The van der Waals surface area contributed by atoms with Crippen LogP contribution in [0, 0.1) is 0 Å². The molecule has 2 aliphatic heterocycles. The van der Waals surface area contributed by atoms with Crippen LogP contribution in [0.4, 0.5) is 0 Å². The van der Waals surface area contributed by atoms with Crippen LogP contribution in [-0.4, -0.2) is 16.9 Å². The first-order chi connectivity index (χ1) is 13.6. The highest BCUT2D eigenvalue weighted by atomic mass is 35.5. The first kappa shape index (κ1) is 17.8. The van der Waals surface area contributed by atoms with Crippen LogP contribution in [-0.2, 0) is 0 Å². The molecule has 0 unspecified atom stereocenters. The molecule has 0 N–H and O–H groups in total. The van der Waals surface area contributed by atoms with Gasteiger partial charge in [0.2, 0.25) is 0 Å². The summed E-state index contributed by atoms with van der Waals surface area (Å²) in [5.41, 5.74) is 3.24. The van der Waals surface area contributed by atoms with Crippen molar-refractivity contribution in [1.82, 2.24) is 5.01 Å². The lowest BCUT2D eigenvalue weighted by molar-refractivity contribution is -0.0222. The van der Waals surface area contributed by atoms with Gasteiger partial charge < -0.3 is 4.74 Å². The highest BCUT2D eigenvalue weighted by Crippen LogP contribution is 2.47. The summed E-state index contributed by atoms with van der Waals surface area (Å²) in [6, 6.07) is 18.7. The molecule has 2 aliphatic rings. The van der Waals surface area contributed by atoms with Crippen molar-refractivity contribution in [2.45, 2.75) is 38.5 Å². The molecule has 2 atom stereocenters. The Labute approximate surface area is 174 Å². The van der Waals surface area contributed by atoms with Crippen molar-refractivity contribution in [1.29, 1.82) is 0 Å². The molecule has 5 heteroatoms. The van der Waals surface area contributed by atoms with Crippen LogP contribution in [0.5, 0.6) is 5.75 Å². The Morgan fingerprint density at radius 2 is 1.89 bits per heavy atom. The van der Waals surface area contributed by atoms with E-state index in [1.165, 1.54) is 10.8 Å². The number of halogens is 2. The van der Waals surface area contributed by atoms with Crippen LogP contribution in [0.25, 0.3) is 10.8 Å². The number of hydrazone groups is 1. The quantitative estimate of drug-likeness (QED) is 0.473. The monoisotopic (exact) mass is 410 g/mol. The van der Waals surface area contributed by atoms with Crippen molar-refractivity contribution < 1.29 is 4.74 Å². The molecule has 2 heterocycles. The number of rotatable bonds is 3. The average Bonchev–Trinajstić information content (AvgIpc) is 3.15. The van der Waals surface area contributed by atoms with Crippen molar-refractivity contribution in [3.05, 3.63) is 75.8 Å². The zero-order chi connectivity index (χ0) is 19.3. The largest absolute Gasteiger partial charge is 0.467 e. The normalized spacial score (nSPS) is 20.5. The van der Waals surface area contributed by atoms with Crippen LogP contribution < -0.4 is 4.74 Å². The van der Waals surface area contributed by atoms with E-state index in [-0.39, 0.29) is 12.3 Å². The lowest BCUT2D eigenvalue weighted by atomic mass is 9.95. The summed E-state index contributed by atoms with van der Waals surface area (Å²) in [4.78, 5) is 0. The molecule has 0 saturated heterocycles. The maximum atomic E-state index is 6.46. The average molecular weight is 411 g/mol. The maximum Gasteiger partial charge on any atom is 0.187 e. The SMILES string of the molecule is CCC[C@H]1Oc2c(Cl)cc(Cl)cc2[C@@H]2CC(c3ccc4ccccc4c3)=NN12. The predicted octanol–water partition coefficient (Wildman–Crippen LogP) is 6.82. The molecule has 5 rings (SSSR count). The standard InChI is InChI=1S/C23H20Cl2N2O/c1-2-5-22-27-21(18-11-17(24)12-19(25)23(18)28-22)13-20(26-27)16-9-8-14-6-3-4-7-15(14)10-16/h3-4,6-12,21-22H,2,5,13H2,1H3/t21-,22+/m0/s1. The van der Waals surface area contributed by atoms with Crippen molar-refractivity contribution in [3.8, 4) is 5.75 Å². The summed E-state index contributed by atoms with van der Waals surface area (Å²) in [7, 11) is 0. The fourth-order valence-electron chi connectivity index (χ4n) is 4.17. The minimum absolute atomic E-state index is 0.0953. The molecule has 0 saturated carbocycles. The number of nitrogens with zero attached hydrogens (tertiary/aromatic N) is 2. The summed E-state index contributed by atoms with van der Waals surface area (Å²) in [6.45, 7) is 2.15. The maximum absolute atomic E-state index is 6.46. The van der Waals surface area contributed by atoms with Crippen LogP contribution in [0.15, 0.2) is 59.7 Å². The summed E-state index contributed by atoms with van der Waals surface area (Å²) < 4.78 is 6.25. The van der Waals surface area contributed by atoms with Gasteiger partial charge in [-0.05, 0) is 34.5 Å². The van der Waals surface area contributed by atoms with Gasteiger partial charge in [0, 0.05) is 23.4 Å². The van der Waals surface area contributed by atoms with Gasteiger partial charge in [-0.2, -0.15) is 5.10 Å². The van der Waals surface area contributed by atoms with Gasteiger partial charge in [-0.1, -0.05) is 72.9 Å². The molecule has 3 aromatic carbocycles. The second-order valence-electron chi connectivity index (χ2n) is 7.38. The third-order valence-electron chi connectivity index (χ3n) is 5.51. The third kappa shape index (κ3) is 2.94. The van der Waals surface area contributed by atoms with Crippen LogP contribution in [0.3, 0.4) is 0 Å². The van der Waals surface area contributed by atoms with E-state index in [4.69, 9.17) is 33.0 Å². The molecule has 3 aromatic rings. The molecule has 3 nitrogen and oxygen atoms in total. The van der Waals surface area contributed by atoms with Crippen molar-refractivity contribution >= 4 is 39.7 Å². The molecular formula is C23H20Cl2N2O. The summed E-state index contributed by atoms with van der Waals surface area (Å²) >= 11 is 12.7. The lowest BCUT2D eigenvalue weighted by Gasteiger charge is -2.38.